The first kappa shape index (κ1) is 10.3. The third-order valence-electron chi connectivity index (χ3n) is 2.19. The van der Waals surface area contributed by atoms with Crippen LogP contribution in [0.25, 0.3) is 0 Å². The molecule has 0 aromatic carbocycles. The summed E-state index contributed by atoms with van der Waals surface area (Å²) >= 11 is 0. The van der Waals surface area contributed by atoms with Crippen LogP contribution in [0.5, 0.6) is 0 Å². The van der Waals surface area contributed by atoms with Crippen LogP contribution in [0.2, 0.25) is 0 Å². The Bertz CT molecular complexity index is 173. The van der Waals surface area contributed by atoms with Gasteiger partial charge < -0.3 is 9.64 Å². The molecule has 0 aromatic rings. The van der Waals surface area contributed by atoms with E-state index >= 15 is 0 Å². The monoisotopic (exact) mass is 187 g/mol. The number of likely N-dealkylation sites (tertiary alicyclic amines) is 1. The topological polar surface area (TPSA) is 67.6 Å². The molecule has 5 heteroatoms. The van der Waals surface area contributed by atoms with Gasteiger partial charge in [-0.1, -0.05) is 0 Å². The molecular weight excluding hydrogens is 170 g/mol. The quantitative estimate of drug-likeness (QED) is 0.365. The lowest BCUT2D eigenvalue weighted by Crippen LogP contribution is -2.49. The SMILES string of the molecule is CCOC1CCCN(C(=O)NN)C1. The molecule has 0 aliphatic carbocycles. The first-order chi connectivity index (χ1) is 6.27. The summed E-state index contributed by atoms with van der Waals surface area (Å²) in [5, 5.41) is 0. The summed E-state index contributed by atoms with van der Waals surface area (Å²) in [5.74, 6) is 5.04. The summed E-state index contributed by atoms with van der Waals surface area (Å²) in [4.78, 5) is 12.8. The van der Waals surface area contributed by atoms with Crippen LogP contribution in [-0.2, 0) is 4.74 Å². The van der Waals surface area contributed by atoms with Gasteiger partial charge >= 0.3 is 6.03 Å². The Morgan fingerprint density at radius 3 is 3.15 bits per heavy atom. The van der Waals surface area contributed by atoms with E-state index in [1.165, 1.54) is 0 Å². The minimum Gasteiger partial charge on any atom is -0.377 e. The lowest BCUT2D eigenvalue weighted by atomic mass is 10.1. The lowest BCUT2D eigenvalue weighted by molar-refractivity contribution is 0.0165. The molecule has 2 amide bonds. The molecule has 1 atom stereocenters. The fourth-order valence-corrected chi connectivity index (χ4v) is 1.59. The van der Waals surface area contributed by atoms with Crippen LogP contribution >= 0.6 is 0 Å². The van der Waals surface area contributed by atoms with Crippen LogP contribution in [0, 0.1) is 0 Å². The molecule has 3 N–H and O–H groups in total. The van der Waals surface area contributed by atoms with Gasteiger partial charge in [-0.15, -0.1) is 0 Å². The molecule has 1 fully saturated rings. The fourth-order valence-electron chi connectivity index (χ4n) is 1.59. The molecular formula is C8H17N3O2. The number of carbonyl (C=O) groups excluding carboxylic acids is 1. The summed E-state index contributed by atoms with van der Waals surface area (Å²) < 4.78 is 5.45. The van der Waals surface area contributed by atoms with E-state index in [0.29, 0.717) is 13.2 Å². The second kappa shape index (κ2) is 5.04. The van der Waals surface area contributed by atoms with Crippen molar-refractivity contribution in [1.29, 1.82) is 0 Å². The molecule has 5 nitrogen and oxygen atoms in total. The highest BCUT2D eigenvalue weighted by Gasteiger charge is 2.22. The van der Waals surface area contributed by atoms with E-state index in [0.717, 1.165) is 19.4 Å². The van der Waals surface area contributed by atoms with E-state index in [-0.39, 0.29) is 12.1 Å². The van der Waals surface area contributed by atoms with Crippen LogP contribution in [0.1, 0.15) is 19.8 Å². The van der Waals surface area contributed by atoms with Crippen molar-refractivity contribution in [2.45, 2.75) is 25.9 Å². The van der Waals surface area contributed by atoms with E-state index in [2.05, 4.69) is 5.43 Å². The smallest absolute Gasteiger partial charge is 0.331 e. The van der Waals surface area contributed by atoms with Crippen LogP contribution in [-0.4, -0.2) is 36.7 Å². The standard InChI is InChI=1S/C8H17N3O2/c1-2-13-7-4-3-5-11(6-7)8(12)10-9/h7H,2-6,9H2,1H3,(H,10,12). The van der Waals surface area contributed by atoms with Gasteiger partial charge in [0.05, 0.1) is 6.10 Å². The van der Waals surface area contributed by atoms with Crippen molar-refractivity contribution in [3.8, 4) is 0 Å². The molecule has 0 saturated carbocycles. The summed E-state index contributed by atoms with van der Waals surface area (Å²) in [6, 6.07) is -0.218. The van der Waals surface area contributed by atoms with Crippen molar-refractivity contribution < 1.29 is 9.53 Å². The molecule has 0 aromatic heterocycles. The molecule has 0 spiro atoms. The van der Waals surface area contributed by atoms with Crippen molar-refractivity contribution in [3.63, 3.8) is 0 Å². The van der Waals surface area contributed by atoms with Crippen molar-refractivity contribution in [3.05, 3.63) is 0 Å². The summed E-state index contributed by atoms with van der Waals surface area (Å²) in [6.45, 7) is 4.08. The number of nitrogens with zero attached hydrogens (tertiary/aromatic N) is 1. The van der Waals surface area contributed by atoms with Gasteiger partial charge in [-0.3, -0.25) is 5.43 Å². The molecule has 0 bridgehead atoms. The molecule has 76 valence electrons. The Kier molecular flexibility index (Phi) is 3.98. The normalized spacial score (nSPS) is 22.9. The molecule has 1 rings (SSSR count). The number of piperidine rings is 1. The number of hydrogen-bond donors (Lipinski definition) is 2. The molecule has 13 heavy (non-hydrogen) atoms. The highest BCUT2D eigenvalue weighted by molar-refractivity contribution is 5.73. The Hall–Kier alpha value is -0.810. The zero-order valence-electron chi connectivity index (χ0n) is 7.95. The molecule has 0 radical (unpaired) electrons. The van der Waals surface area contributed by atoms with Crippen molar-refractivity contribution in [1.82, 2.24) is 10.3 Å². The summed E-state index contributed by atoms with van der Waals surface area (Å²) in [5.41, 5.74) is 2.13. The van der Waals surface area contributed by atoms with Crippen LogP contribution in [0.4, 0.5) is 4.79 Å². The van der Waals surface area contributed by atoms with Crippen LogP contribution in [0.15, 0.2) is 0 Å². The molecule has 1 saturated heterocycles. The lowest BCUT2D eigenvalue weighted by Gasteiger charge is -2.31. The minimum atomic E-state index is -0.218. The van der Waals surface area contributed by atoms with Gasteiger partial charge in [0.15, 0.2) is 0 Å². The number of carbonyl (C=O) groups is 1. The Morgan fingerprint density at radius 2 is 2.54 bits per heavy atom. The average molecular weight is 187 g/mol. The van der Waals surface area contributed by atoms with E-state index in [4.69, 9.17) is 10.6 Å². The molecule has 1 unspecified atom stereocenters. The second-order valence-electron chi connectivity index (χ2n) is 3.12. The fraction of sp³-hybridized carbons (Fsp3) is 0.875. The van der Waals surface area contributed by atoms with Gasteiger partial charge in [0, 0.05) is 19.7 Å². The number of hydrazine groups is 1. The van der Waals surface area contributed by atoms with Crippen molar-refractivity contribution in [2.75, 3.05) is 19.7 Å². The maximum Gasteiger partial charge on any atom is 0.331 e. The van der Waals surface area contributed by atoms with Gasteiger partial charge in [0.25, 0.3) is 0 Å². The number of urea groups is 1. The highest BCUT2D eigenvalue weighted by atomic mass is 16.5. The van der Waals surface area contributed by atoms with E-state index in [1.54, 1.807) is 4.90 Å². The number of nitrogens with two attached hydrogens (primary N) is 1. The summed E-state index contributed by atoms with van der Waals surface area (Å²) in [7, 11) is 0. The first-order valence-electron chi connectivity index (χ1n) is 4.65. The van der Waals surface area contributed by atoms with Gasteiger partial charge in [-0.25, -0.2) is 10.6 Å². The zero-order valence-corrected chi connectivity index (χ0v) is 7.95. The van der Waals surface area contributed by atoms with Gasteiger partial charge in [-0.05, 0) is 19.8 Å². The molecule has 1 aliphatic rings. The van der Waals surface area contributed by atoms with Gasteiger partial charge in [0.2, 0.25) is 0 Å². The third-order valence-corrected chi connectivity index (χ3v) is 2.19. The summed E-state index contributed by atoms with van der Waals surface area (Å²) in [6.07, 6.45) is 2.19. The maximum atomic E-state index is 11.2. The number of amides is 2. The van der Waals surface area contributed by atoms with Crippen molar-refractivity contribution >= 4 is 6.03 Å². The Balaban J connectivity index is 2.37. The second-order valence-corrected chi connectivity index (χ2v) is 3.12. The Labute approximate surface area is 78.2 Å². The Morgan fingerprint density at radius 1 is 1.77 bits per heavy atom. The van der Waals surface area contributed by atoms with Crippen LogP contribution < -0.4 is 11.3 Å². The number of nitrogens with one attached hydrogen (secondary N) is 1. The van der Waals surface area contributed by atoms with E-state index in [1.807, 2.05) is 6.92 Å². The molecule has 1 heterocycles. The maximum absolute atomic E-state index is 11.2. The number of ether oxygens (including phenoxy) is 1. The number of rotatable bonds is 2. The third kappa shape index (κ3) is 2.86. The average Bonchev–Trinajstić information content (AvgIpc) is 2.18. The zero-order chi connectivity index (χ0) is 9.68. The first-order valence-corrected chi connectivity index (χ1v) is 4.65. The highest BCUT2D eigenvalue weighted by Crippen LogP contribution is 2.12. The van der Waals surface area contributed by atoms with E-state index < -0.39 is 0 Å². The molecule has 1 aliphatic heterocycles. The largest absolute Gasteiger partial charge is 0.377 e. The predicted octanol–water partition coefficient (Wildman–Crippen LogP) is 0.0706. The van der Waals surface area contributed by atoms with Gasteiger partial charge in [0.1, 0.15) is 0 Å². The van der Waals surface area contributed by atoms with Crippen molar-refractivity contribution in [2.24, 2.45) is 5.84 Å². The minimum absolute atomic E-state index is 0.177. The predicted molar refractivity (Wildman–Crippen MR) is 48.9 cm³/mol. The number of hydrogen-bond acceptors (Lipinski definition) is 3. The van der Waals surface area contributed by atoms with E-state index in [9.17, 15) is 4.79 Å². The van der Waals surface area contributed by atoms with Gasteiger partial charge in [-0.2, -0.15) is 0 Å². The van der Waals surface area contributed by atoms with Crippen LogP contribution in [0.3, 0.4) is 0 Å².